The van der Waals surface area contributed by atoms with E-state index in [2.05, 4.69) is 59.8 Å². The highest BCUT2D eigenvalue weighted by Crippen LogP contribution is 2.36. The number of aliphatic carboxylic acids is 1. The van der Waals surface area contributed by atoms with Gasteiger partial charge in [0.2, 0.25) is 0 Å². The Morgan fingerprint density at radius 1 is 1.17 bits per heavy atom. The SMILES string of the molecule is CC(C)c1ccc(C(c2ccsc2)N2CCCC2C(=O)O)cc1. The second kappa shape index (κ2) is 6.85. The van der Waals surface area contributed by atoms with Crippen molar-refractivity contribution in [3.05, 3.63) is 57.8 Å². The molecule has 1 N–H and O–H groups in total. The highest BCUT2D eigenvalue weighted by atomic mass is 32.1. The third-order valence-corrected chi connectivity index (χ3v) is 5.39. The number of rotatable bonds is 5. The Balaban J connectivity index is 1.98. The van der Waals surface area contributed by atoms with Crippen molar-refractivity contribution in [2.24, 2.45) is 0 Å². The van der Waals surface area contributed by atoms with Crippen LogP contribution in [0.1, 0.15) is 55.3 Å². The number of nitrogens with zero attached hydrogens (tertiary/aromatic N) is 1. The van der Waals surface area contributed by atoms with Crippen LogP contribution < -0.4 is 0 Å². The summed E-state index contributed by atoms with van der Waals surface area (Å²) in [5.41, 5.74) is 3.69. The van der Waals surface area contributed by atoms with E-state index in [1.165, 1.54) is 16.7 Å². The quantitative estimate of drug-likeness (QED) is 0.877. The standard InChI is InChI=1S/C19H23NO2S/c1-13(2)14-5-7-15(8-6-14)18(16-9-11-23-12-16)20-10-3-4-17(20)19(21)22/h5-9,11-13,17-18H,3-4,10H2,1-2H3,(H,21,22). The van der Waals surface area contributed by atoms with Crippen LogP contribution in [-0.2, 0) is 4.79 Å². The second-order valence-electron chi connectivity index (χ2n) is 6.51. The molecule has 2 aromatic rings. The van der Waals surface area contributed by atoms with Crippen LogP contribution in [0.2, 0.25) is 0 Å². The van der Waals surface area contributed by atoms with Crippen molar-refractivity contribution in [3.63, 3.8) is 0 Å². The molecule has 0 spiro atoms. The Bertz CT molecular complexity index is 649. The molecule has 4 heteroatoms. The van der Waals surface area contributed by atoms with E-state index in [4.69, 9.17) is 0 Å². The van der Waals surface area contributed by atoms with Gasteiger partial charge >= 0.3 is 5.97 Å². The third kappa shape index (κ3) is 3.33. The van der Waals surface area contributed by atoms with E-state index in [-0.39, 0.29) is 12.1 Å². The number of hydrogen-bond acceptors (Lipinski definition) is 3. The van der Waals surface area contributed by atoms with Crippen molar-refractivity contribution < 1.29 is 9.90 Å². The number of carboxylic acids is 1. The van der Waals surface area contributed by atoms with Gasteiger partial charge in [-0.3, -0.25) is 9.69 Å². The molecule has 1 aliphatic rings. The molecule has 122 valence electrons. The average Bonchev–Trinajstić information content (AvgIpc) is 3.20. The first-order valence-corrected chi connectivity index (χ1v) is 9.12. The molecule has 2 heterocycles. The molecular weight excluding hydrogens is 306 g/mol. The maximum atomic E-state index is 11.6. The van der Waals surface area contributed by atoms with Crippen molar-refractivity contribution >= 4 is 17.3 Å². The molecule has 3 nitrogen and oxygen atoms in total. The van der Waals surface area contributed by atoms with Crippen LogP contribution in [-0.4, -0.2) is 28.6 Å². The molecule has 1 fully saturated rings. The Hall–Kier alpha value is -1.65. The predicted molar refractivity (Wildman–Crippen MR) is 94.1 cm³/mol. The highest BCUT2D eigenvalue weighted by Gasteiger charge is 2.36. The van der Waals surface area contributed by atoms with Crippen LogP contribution in [0.15, 0.2) is 41.1 Å². The summed E-state index contributed by atoms with van der Waals surface area (Å²) in [4.78, 5) is 13.8. The minimum absolute atomic E-state index is 0.0334. The largest absolute Gasteiger partial charge is 0.480 e. The molecule has 1 aromatic heterocycles. The van der Waals surface area contributed by atoms with E-state index in [1.807, 2.05) is 0 Å². The van der Waals surface area contributed by atoms with Gasteiger partial charge in [-0.1, -0.05) is 38.1 Å². The van der Waals surface area contributed by atoms with Crippen LogP contribution in [0.5, 0.6) is 0 Å². The predicted octanol–water partition coefficient (Wildman–Crippen LogP) is 4.51. The Morgan fingerprint density at radius 2 is 1.87 bits per heavy atom. The van der Waals surface area contributed by atoms with Gasteiger partial charge in [-0.2, -0.15) is 11.3 Å². The topological polar surface area (TPSA) is 40.5 Å². The molecular formula is C19H23NO2S. The summed E-state index contributed by atoms with van der Waals surface area (Å²) >= 11 is 1.66. The van der Waals surface area contributed by atoms with Crippen LogP contribution in [0, 0.1) is 0 Å². The van der Waals surface area contributed by atoms with Crippen molar-refractivity contribution in [2.45, 2.75) is 44.7 Å². The molecule has 0 aliphatic carbocycles. The van der Waals surface area contributed by atoms with Crippen molar-refractivity contribution in [2.75, 3.05) is 6.54 Å². The van der Waals surface area contributed by atoms with Crippen LogP contribution in [0.4, 0.5) is 0 Å². The number of thiophene rings is 1. The first-order chi connectivity index (χ1) is 11.1. The summed E-state index contributed by atoms with van der Waals surface area (Å²) in [5.74, 6) is -0.205. The van der Waals surface area contributed by atoms with Crippen molar-refractivity contribution in [3.8, 4) is 0 Å². The number of hydrogen-bond donors (Lipinski definition) is 1. The molecule has 0 saturated carbocycles. The maximum Gasteiger partial charge on any atom is 0.320 e. The van der Waals surface area contributed by atoms with Crippen molar-refractivity contribution in [1.82, 2.24) is 4.90 Å². The Labute approximate surface area is 141 Å². The fourth-order valence-electron chi connectivity index (χ4n) is 3.43. The lowest BCUT2D eigenvalue weighted by Crippen LogP contribution is -2.39. The molecule has 2 atom stereocenters. The summed E-state index contributed by atoms with van der Waals surface area (Å²) in [5, 5.41) is 13.8. The Morgan fingerprint density at radius 3 is 2.43 bits per heavy atom. The zero-order valence-corrected chi connectivity index (χ0v) is 14.4. The minimum Gasteiger partial charge on any atom is -0.480 e. The molecule has 0 bridgehead atoms. The third-order valence-electron chi connectivity index (χ3n) is 4.69. The van der Waals surface area contributed by atoms with Gasteiger partial charge in [-0.25, -0.2) is 0 Å². The average molecular weight is 329 g/mol. The molecule has 1 saturated heterocycles. The zero-order chi connectivity index (χ0) is 16.4. The van der Waals surface area contributed by atoms with Gasteiger partial charge in [-0.15, -0.1) is 0 Å². The lowest BCUT2D eigenvalue weighted by Gasteiger charge is -2.31. The number of benzene rings is 1. The van der Waals surface area contributed by atoms with Gasteiger partial charge in [-0.05, 0) is 52.3 Å². The van der Waals surface area contributed by atoms with Crippen LogP contribution in [0.3, 0.4) is 0 Å². The van der Waals surface area contributed by atoms with E-state index in [0.29, 0.717) is 5.92 Å². The fraction of sp³-hybridized carbons (Fsp3) is 0.421. The molecule has 23 heavy (non-hydrogen) atoms. The van der Waals surface area contributed by atoms with E-state index in [9.17, 15) is 9.90 Å². The second-order valence-corrected chi connectivity index (χ2v) is 7.29. The smallest absolute Gasteiger partial charge is 0.320 e. The van der Waals surface area contributed by atoms with Crippen LogP contribution in [0.25, 0.3) is 0 Å². The summed E-state index contributed by atoms with van der Waals surface area (Å²) in [7, 11) is 0. The van der Waals surface area contributed by atoms with Gasteiger partial charge < -0.3 is 5.11 Å². The summed E-state index contributed by atoms with van der Waals surface area (Å²) in [6.45, 7) is 5.21. The Kier molecular flexibility index (Phi) is 4.83. The van der Waals surface area contributed by atoms with Crippen molar-refractivity contribution in [1.29, 1.82) is 0 Å². The molecule has 3 rings (SSSR count). The fourth-order valence-corrected chi connectivity index (χ4v) is 4.11. The lowest BCUT2D eigenvalue weighted by molar-refractivity contribution is -0.142. The van der Waals surface area contributed by atoms with Gasteiger partial charge in [0.15, 0.2) is 0 Å². The number of likely N-dealkylation sites (tertiary alicyclic amines) is 1. The summed E-state index contributed by atoms with van der Waals surface area (Å²) < 4.78 is 0. The molecule has 2 unspecified atom stereocenters. The monoisotopic (exact) mass is 329 g/mol. The van der Waals surface area contributed by atoms with E-state index in [0.717, 1.165) is 19.4 Å². The number of carboxylic acid groups (broad SMARTS) is 1. The lowest BCUT2D eigenvalue weighted by atomic mass is 9.95. The number of carbonyl (C=O) groups is 1. The van der Waals surface area contributed by atoms with Gasteiger partial charge in [0.25, 0.3) is 0 Å². The van der Waals surface area contributed by atoms with E-state index in [1.54, 1.807) is 11.3 Å². The van der Waals surface area contributed by atoms with Gasteiger partial charge in [0.1, 0.15) is 6.04 Å². The van der Waals surface area contributed by atoms with Gasteiger partial charge in [0, 0.05) is 6.54 Å². The summed E-state index contributed by atoms with van der Waals surface area (Å²) in [6.07, 6.45) is 1.68. The van der Waals surface area contributed by atoms with Gasteiger partial charge in [0.05, 0.1) is 6.04 Å². The molecule has 0 amide bonds. The zero-order valence-electron chi connectivity index (χ0n) is 13.6. The minimum atomic E-state index is -0.707. The molecule has 0 radical (unpaired) electrons. The van der Waals surface area contributed by atoms with Crippen LogP contribution >= 0.6 is 11.3 Å². The first-order valence-electron chi connectivity index (χ1n) is 8.18. The normalized spacial score (nSPS) is 20.0. The maximum absolute atomic E-state index is 11.6. The highest BCUT2D eigenvalue weighted by molar-refractivity contribution is 7.08. The van der Waals surface area contributed by atoms with E-state index >= 15 is 0 Å². The summed E-state index contributed by atoms with van der Waals surface area (Å²) in [6, 6.07) is 10.4. The molecule has 1 aromatic carbocycles. The molecule has 1 aliphatic heterocycles. The first kappa shape index (κ1) is 16.2. The van der Waals surface area contributed by atoms with E-state index < -0.39 is 5.97 Å².